The van der Waals surface area contributed by atoms with Crippen molar-refractivity contribution in [1.29, 1.82) is 0 Å². The summed E-state index contributed by atoms with van der Waals surface area (Å²) in [6.07, 6.45) is 3.03. The van der Waals surface area contributed by atoms with Crippen LogP contribution in [0.1, 0.15) is 24.8 Å². The average Bonchev–Trinajstić information content (AvgIpc) is 2.95. The maximum atomic E-state index is 13.2. The zero-order valence-corrected chi connectivity index (χ0v) is 13.1. The first-order chi connectivity index (χ1) is 10.1. The number of hydrogen-bond donors (Lipinski definition) is 1. The summed E-state index contributed by atoms with van der Waals surface area (Å²) in [7, 11) is 0. The highest BCUT2D eigenvalue weighted by molar-refractivity contribution is 7.99. The van der Waals surface area contributed by atoms with Crippen molar-refractivity contribution in [2.24, 2.45) is 0 Å². The number of thioether (sulfide) groups is 1. The third-order valence-electron chi connectivity index (χ3n) is 4.25. The fourth-order valence-corrected chi connectivity index (χ4v) is 4.31. The van der Waals surface area contributed by atoms with Crippen LogP contribution in [0.3, 0.4) is 0 Å². The molecule has 2 aliphatic heterocycles. The molecule has 0 radical (unpaired) electrons. The number of hydrogen-bond acceptors (Lipinski definition) is 3. The number of carbonyl (C=O) groups is 1. The highest BCUT2D eigenvalue weighted by atomic mass is 32.2. The summed E-state index contributed by atoms with van der Waals surface area (Å²) in [5.41, 5.74) is 1.66. The number of nitrogens with one attached hydrogen (secondary N) is 1. The van der Waals surface area contributed by atoms with Crippen molar-refractivity contribution < 1.29 is 9.18 Å². The molecule has 2 heterocycles. The third-order valence-corrected chi connectivity index (χ3v) is 5.42. The van der Waals surface area contributed by atoms with Gasteiger partial charge in [-0.3, -0.25) is 4.79 Å². The van der Waals surface area contributed by atoms with Gasteiger partial charge >= 0.3 is 0 Å². The minimum absolute atomic E-state index is 0.0908. The van der Waals surface area contributed by atoms with Crippen molar-refractivity contribution >= 4 is 23.4 Å². The first-order valence-electron chi connectivity index (χ1n) is 7.56. The van der Waals surface area contributed by atoms with E-state index in [2.05, 4.69) is 5.32 Å². The lowest BCUT2D eigenvalue weighted by molar-refractivity contribution is -0.122. The Labute approximate surface area is 129 Å². The Balaban J connectivity index is 1.74. The fraction of sp³-hybridized carbons (Fsp3) is 0.562. The average molecular weight is 308 g/mol. The third kappa shape index (κ3) is 3.24. The van der Waals surface area contributed by atoms with E-state index in [1.165, 1.54) is 17.9 Å². The summed E-state index contributed by atoms with van der Waals surface area (Å²) in [5.74, 6) is 2.16. The second-order valence-corrected chi connectivity index (χ2v) is 6.99. The lowest BCUT2D eigenvalue weighted by Crippen LogP contribution is -2.53. The molecule has 2 aliphatic rings. The number of benzene rings is 1. The van der Waals surface area contributed by atoms with E-state index in [4.69, 9.17) is 0 Å². The lowest BCUT2D eigenvalue weighted by atomic mass is 10.0. The molecule has 1 aromatic rings. The molecule has 5 heteroatoms. The Kier molecular flexibility index (Phi) is 4.50. The molecule has 21 heavy (non-hydrogen) atoms. The smallest absolute Gasteiger partial charge is 0.244 e. The fourth-order valence-electron chi connectivity index (χ4n) is 3.14. The second kappa shape index (κ2) is 6.36. The van der Waals surface area contributed by atoms with Gasteiger partial charge in [-0.05, 0) is 55.7 Å². The van der Waals surface area contributed by atoms with E-state index in [0.29, 0.717) is 6.04 Å². The Bertz CT molecular complexity index is 531. The van der Waals surface area contributed by atoms with Gasteiger partial charge in [0, 0.05) is 24.0 Å². The summed E-state index contributed by atoms with van der Waals surface area (Å²) in [6, 6.07) is 5.01. The van der Waals surface area contributed by atoms with Crippen LogP contribution in [0.15, 0.2) is 18.2 Å². The summed E-state index contributed by atoms with van der Waals surface area (Å²) in [6.45, 7) is 2.58. The number of halogens is 1. The molecule has 3 rings (SSSR count). The van der Waals surface area contributed by atoms with E-state index in [-0.39, 0.29) is 17.8 Å². The summed E-state index contributed by atoms with van der Waals surface area (Å²) in [5, 5.41) is 3.51. The van der Waals surface area contributed by atoms with Gasteiger partial charge in [-0.2, -0.15) is 11.8 Å². The number of amides is 1. The second-order valence-electron chi connectivity index (χ2n) is 5.84. The number of aryl methyl sites for hydroxylation is 1. The molecule has 2 saturated heterocycles. The van der Waals surface area contributed by atoms with Crippen molar-refractivity contribution in [3.8, 4) is 0 Å². The summed E-state index contributed by atoms with van der Waals surface area (Å²) >= 11 is 1.94. The number of nitrogens with zero attached hydrogens (tertiary/aromatic N) is 1. The van der Waals surface area contributed by atoms with Gasteiger partial charge in [0.05, 0.1) is 6.04 Å². The highest BCUT2D eigenvalue weighted by Crippen LogP contribution is 2.26. The van der Waals surface area contributed by atoms with Crippen LogP contribution < -0.4 is 10.2 Å². The number of piperidine rings is 1. The topological polar surface area (TPSA) is 32.3 Å². The van der Waals surface area contributed by atoms with Crippen molar-refractivity contribution in [1.82, 2.24) is 5.32 Å². The van der Waals surface area contributed by atoms with Crippen LogP contribution in [0.5, 0.6) is 0 Å². The first kappa shape index (κ1) is 14.9. The van der Waals surface area contributed by atoms with E-state index in [0.717, 1.165) is 42.8 Å². The van der Waals surface area contributed by atoms with Crippen LogP contribution >= 0.6 is 11.8 Å². The molecule has 0 bridgehead atoms. The molecule has 0 aromatic heterocycles. The maximum Gasteiger partial charge on any atom is 0.244 e. The highest BCUT2D eigenvalue weighted by Gasteiger charge is 2.32. The molecule has 0 saturated carbocycles. The molecular weight excluding hydrogens is 287 g/mol. The minimum atomic E-state index is -0.252. The van der Waals surface area contributed by atoms with Gasteiger partial charge in [0.2, 0.25) is 5.91 Å². The molecule has 1 aromatic carbocycles. The van der Waals surface area contributed by atoms with Gasteiger partial charge in [-0.15, -0.1) is 0 Å². The monoisotopic (exact) mass is 308 g/mol. The van der Waals surface area contributed by atoms with Crippen LogP contribution in [0.4, 0.5) is 10.1 Å². The molecule has 1 N–H and O–H groups in total. The van der Waals surface area contributed by atoms with Crippen LogP contribution in [-0.2, 0) is 4.79 Å². The van der Waals surface area contributed by atoms with Gasteiger partial charge in [-0.25, -0.2) is 4.39 Å². The number of rotatable bonds is 3. The van der Waals surface area contributed by atoms with Crippen molar-refractivity contribution in [3.63, 3.8) is 0 Å². The molecule has 3 nitrogen and oxygen atoms in total. The van der Waals surface area contributed by atoms with Crippen molar-refractivity contribution in [2.45, 2.75) is 38.3 Å². The molecule has 114 valence electrons. The zero-order valence-electron chi connectivity index (χ0n) is 12.3. The lowest BCUT2D eigenvalue weighted by Gasteiger charge is -2.34. The van der Waals surface area contributed by atoms with E-state index < -0.39 is 0 Å². The molecule has 2 atom stereocenters. The quantitative estimate of drug-likeness (QED) is 0.932. The normalized spacial score (nSPS) is 26.4. The largest absolute Gasteiger partial charge is 0.311 e. The molecule has 0 spiro atoms. The Morgan fingerprint density at radius 2 is 2.24 bits per heavy atom. The van der Waals surface area contributed by atoms with Gasteiger partial charge in [0.1, 0.15) is 5.82 Å². The summed E-state index contributed by atoms with van der Waals surface area (Å²) in [4.78, 5) is 14.5. The predicted molar refractivity (Wildman–Crippen MR) is 85.4 cm³/mol. The van der Waals surface area contributed by atoms with E-state index in [9.17, 15) is 9.18 Å². The van der Waals surface area contributed by atoms with Crippen LogP contribution in [0.2, 0.25) is 0 Å². The van der Waals surface area contributed by atoms with Gasteiger partial charge in [0.25, 0.3) is 0 Å². The van der Waals surface area contributed by atoms with E-state index in [1.807, 2.05) is 23.6 Å². The first-order valence-corrected chi connectivity index (χ1v) is 8.72. The predicted octanol–water partition coefficient (Wildman–Crippen LogP) is 2.72. The van der Waals surface area contributed by atoms with Crippen LogP contribution in [0, 0.1) is 12.7 Å². The standard InChI is InChI=1S/C16H21FN2OS/c1-11-9-12(17)4-5-15(11)19-7-2-3-14(16(19)20)18-13-6-8-21-10-13/h4-5,9,13-14,18H,2-3,6-8,10H2,1H3. The van der Waals surface area contributed by atoms with Gasteiger partial charge in [-0.1, -0.05) is 0 Å². The van der Waals surface area contributed by atoms with Crippen molar-refractivity contribution in [3.05, 3.63) is 29.6 Å². The Morgan fingerprint density at radius 3 is 2.95 bits per heavy atom. The van der Waals surface area contributed by atoms with Gasteiger partial charge in [0.15, 0.2) is 0 Å². The summed E-state index contributed by atoms with van der Waals surface area (Å²) < 4.78 is 13.2. The molecule has 2 unspecified atom stereocenters. The van der Waals surface area contributed by atoms with Crippen LogP contribution in [0.25, 0.3) is 0 Å². The van der Waals surface area contributed by atoms with Crippen molar-refractivity contribution in [2.75, 3.05) is 23.0 Å². The van der Waals surface area contributed by atoms with Crippen LogP contribution in [-0.4, -0.2) is 36.0 Å². The molecular formula is C16H21FN2OS. The number of carbonyl (C=O) groups excluding carboxylic acids is 1. The SMILES string of the molecule is Cc1cc(F)ccc1N1CCCC(NC2CCSC2)C1=O. The van der Waals surface area contributed by atoms with E-state index in [1.54, 1.807) is 6.07 Å². The number of anilines is 1. The van der Waals surface area contributed by atoms with E-state index >= 15 is 0 Å². The maximum absolute atomic E-state index is 13.2. The zero-order chi connectivity index (χ0) is 14.8. The molecule has 2 fully saturated rings. The minimum Gasteiger partial charge on any atom is -0.311 e. The molecule has 1 amide bonds. The Morgan fingerprint density at radius 1 is 1.38 bits per heavy atom. The molecule has 0 aliphatic carbocycles. The Hall–Kier alpha value is -1.07. The van der Waals surface area contributed by atoms with Gasteiger partial charge < -0.3 is 10.2 Å².